The molecule has 0 unspecified atom stereocenters. The molecular weight excluding hydrogens is 414 g/mol. The van der Waals surface area contributed by atoms with Crippen LogP contribution in [0.4, 0.5) is 0 Å². The average molecular weight is 437 g/mol. The lowest BCUT2D eigenvalue weighted by Gasteiger charge is -2.10. The molecular formula is C27H23N3O3. The molecule has 0 aliphatic rings. The fraction of sp³-hybridized carbons (Fsp3) is 0.0741. The second kappa shape index (κ2) is 9.78. The summed E-state index contributed by atoms with van der Waals surface area (Å²) in [6.07, 6.45) is 1.53. The number of nitrogens with one attached hydrogen (secondary N) is 1. The number of nitrogens with zero attached hydrogens (tertiary/aromatic N) is 2. The summed E-state index contributed by atoms with van der Waals surface area (Å²) in [4.78, 5) is 24.5. The van der Waals surface area contributed by atoms with Crippen LogP contribution in [0.15, 0.2) is 96.1 Å². The minimum atomic E-state index is -0.419. The van der Waals surface area contributed by atoms with Crippen molar-refractivity contribution < 1.29 is 14.3 Å². The van der Waals surface area contributed by atoms with Crippen LogP contribution < -0.4 is 10.2 Å². The van der Waals surface area contributed by atoms with Gasteiger partial charge in [0.1, 0.15) is 5.75 Å². The second-order valence-corrected chi connectivity index (χ2v) is 7.52. The van der Waals surface area contributed by atoms with Crippen LogP contribution in [0.1, 0.15) is 37.7 Å². The number of benzene rings is 3. The highest BCUT2D eigenvalue weighted by molar-refractivity contribution is 5.95. The molecule has 0 saturated heterocycles. The van der Waals surface area contributed by atoms with E-state index in [0.29, 0.717) is 16.9 Å². The number of ether oxygens (including phenoxy) is 1. The SMILES string of the molecule is Cc1ccc(C)n1-c1ccc(C(=O)NN=Cc2ccc(OC(=O)c3ccccc3)cc2)cc1. The standard InChI is InChI=1S/C27H23N3O3/c1-19-8-9-20(2)30(19)24-14-12-22(13-15-24)26(31)29-28-18-21-10-16-25(17-11-21)33-27(32)23-6-4-3-5-7-23/h3-18H,1-2H3,(H,29,31). The van der Waals surface area contributed by atoms with Gasteiger partial charge in [0, 0.05) is 22.6 Å². The molecule has 3 aromatic carbocycles. The molecule has 1 aromatic heterocycles. The number of carbonyl (C=O) groups excluding carboxylic acids is 2. The van der Waals surface area contributed by atoms with Gasteiger partial charge in [-0.2, -0.15) is 5.10 Å². The monoisotopic (exact) mass is 437 g/mol. The molecule has 0 saturated carbocycles. The maximum absolute atomic E-state index is 12.4. The Balaban J connectivity index is 1.33. The van der Waals surface area contributed by atoms with E-state index in [-0.39, 0.29) is 5.91 Å². The Kier molecular flexibility index (Phi) is 6.45. The maximum Gasteiger partial charge on any atom is 0.343 e. The molecule has 0 aliphatic carbocycles. The Labute approximate surface area is 192 Å². The zero-order valence-electron chi connectivity index (χ0n) is 18.4. The third kappa shape index (κ3) is 5.25. The lowest BCUT2D eigenvalue weighted by Crippen LogP contribution is -2.17. The predicted octanol–water partition coefficient (Wildman–Crippen LogP) is 5.08. The Hall–Kier alpha value is -4.45. The van der Waals surface area contributed by atoms with Crippen molar-refractivity contribution in [3.8, 4) is 11.4 Å². The summed E-state index contributed by atoms with van der Waals surface area (Å²) in [5, 5.41) is 4.02. The first kappa shape index (κ1) is 21.8. The molecule has 0 aliphatic heterocycles. The number of aryl methyl sites for hydroxylation is 2. The maximum atomic E-state index is 12.4. The number of hydrogen-bond donors (Lipinski definition) is 1. The van der Waals surface area contributed by atoms with Gasteiger partial charge in [-0.15, -0.1) is 0 Å². The number of rotatable bonds is 6. The minimum Gasteiger partial charge on any atom is -0.423 e. The van der Waals surface area contributed by atoms with Crippen molar-refractivity contribution in [1.82, 2.24) is 9.99 Å². The van der Waals surface area contributed by atoms with Gasteiger partial charge in [0.15, 0.2) is 0 Å². The second-order valence-electron chi connectivity index (χ2n) is 7.52. The van der Waals surface area contributed by atoms with Crippen LogP contribution in [-0.4, -0.2) is 22.7 Å². The summed E-state index contributed by atoms with van der Waals surface area (Å²) in [7, 11) is 0. The zero-order chi connectivity index (χ0) is 23.2. The van der Waals surface area contributed by atoms with Crippen LogP contribution in [-0.2, 0) is 0 Å². The number of esters is 1. The van der Waals surface area contributed by atoms with Crippen LogP contribution >= 0.6 is 0 Å². The summed E-state index contributed by atoms with van der Waals surface area (Å²) in [6, 6.07) is 27.1. The highest BCUT2D eigenvalue weighted by Crippen LogP contribution is 2.17. The van der Waals surface area contributed by atoms with Gasteiger partial charge in [0.2, 0.25) is 0 Å². The van der Waals surface area contributed by atoms with Crippen molar-refractivity contribution in [3.63, 3.8) is 0 Å². The average Bonchev–Trinajstić information content (AvgIpc) is 3.18. The lowest BCUT2D eigenvalue weighted by molar-refractivity contribution is 0.0734. The van der Waals surface area contributed by atoms with E-state index < -0.39 is 5.97 Å². The summed E-state index contributed by atoms with van der Waals surface area (Å²) in [5.41, 5.74) is 7.56. The Morgan fingerprint density at radius 1 is 0.788 bits per heavy atom. The Morgan fingerprint density at radius 3 is 2.06 bits per heavy atom. The van der Waals surface area contributed by atoms with E-state index in [9.17, 15) is 9.59 Å². The van der Waals surface area contributed by atoms with E-state index in [1.54, 1.807) is 60.7 Å². The fourth-order valence-electron chi connectivity index (χ4n) is 3.43. The topological polar surface area (TPSA) is 72.7 Å². The zero-order valence-corrected chi connectivity index (χ0v) is 18.4. The van der Waals surface area contributed by atoms with Gasteiger partial charge < -0.3 is 9.30 Å². The highest BCUT2D eigenvalue weighted by Gasteiger charge is 2.08. The lowest BCUT2D eigenvalue weighted by atomic mass is 10.2. The number of aromatic nitrogens is 1. The molecule has 6 nitrogen and oxygen atoms in total. The van der Waals surface area contributed by atoms with Gasteiger partial charge in [0.05, 0.1) is 11.8 Å². The van der Waals surface area contributed by atoms with Crippen LogP contribution in [0.2, 0.25) is 0 Å². The molecule has 4 rings (SSSR count). The Bertz CT molecular complexity index is 1270. The molecule has 0 fully saturated rings. The van der Waals surface area contributed by atoms with Crippen molar-refractivity contribution >= 4 is 18.1 Å². The van der Waals surface area contributed by atoms with Gasteiger partial charge in [-0.25, -0.2) is 10.2 Å². The molecule has 164 valence electrons. The smallest absolute Gasteiger partial charge is 0.343 e. The normalized spacial score (nSPS) is 10.8. The molecule has 33 heavy (non-hydrogen) atoms. The highest BCUT2D eigenvalue weighted by atomic mass is 16.5. The van der Waals surface area contributed by atoms with Gasteiger partial charge >= 0.3 is 5.97 Å². The number of amides is 1. The molecule has 1 heterocycles. The quantitative estimate of drug-likeness (QED) is 0.198. The third-order valence-electron chi connectivity index (χ3n) is 5.14. The summed E-state index contributed by atoms with van der Waals surface area (Å²) < 4.78 is 7.48. The molecule has 0 atom stereocenters. The minimum absolute atomic E-state index is 0.299. The largest absolute Gasteiger partial charge is 0.423 e. The van der Waals surface area contributed by atoms with Crippen LogP contribution in [0.25, 0.3) is 5.69 Å². The molecule has 0 spiro atoms. The number of carbonyl (C=O) groups is 2. The molecule has 0 radical (unpaired) electrons. The van der Waals surface area contributed by atoms with Crippen molar-refractivity contribution in [3.05, 3.63) is 119 Å². The van der Waals surface area contributed by atoms with Crippen molar-refractivity contribution in [2.24, 2.45) is 5.10 Å². The first-order valence-electron chi connectivity index (χ1n) is 10.5. The Morgan fingerprint density at radius 2 is 1.42 bits per heavy atom. The summed E-state index contributed by atoms with van der Waals surface area (Å²) >= 11 is 0. The van der Waals surface area contributed by atoms with Gasteiger partial charge in [0.25, 0.3) is 5.91 Å². The van der Waals surface area contributed by atoms with Crippen LogP contribution in [0.5, 0.6) is 5.75 Å². The number of hydrazone groups is 1. The van der Waals surface area contributed by atoms with Gasteiger partial charge in [-0.3, -0.25) is 4.79 Å². The van der Waals surface area contributed by atoms with E-state index in [4.69, 9.17) is 4.74 Å². The molecule has 1 N–H and O–H groups in total. The number of hydrogen-bond acceptors (Lipinski definition) is 4. The van der Waals surface area contributed by atoms with E-state index in [1.807, 2.05) is 32.0 Å². The van der Waals surface area contributed by atoms with Gasteiger partial charge in [-0.05, 0) is 92.2 Å². The van der Waals surface area contributed by atoms with E-state index in [2.05, 4.69) is 27.2 Å². The fourth-order valence-corrected chi connectivity index (χ4v) is 3.43. The molecule has 4 aromatic rings. The van der Waals surface area contributed by atoms with E-state index in [1.165, 1.54) is 6.21 Å². The van der Waals surface area contributed by atoms with Crippen molar-refractivity contribution in [2.45, 2.75) is 13.8 Å². The predicted molar refractivity (Wildman–Crippen MR) is 128 cm³/mol. The third-order valence-corrected chi connectivity index (χ3v) is 5.14. The molecule has 0 bridgehead atoms. The van der Waals surface area contributed by atoms with Crippen molar-refractivity contribution in [2.75, 3.05) is 0 Å². The summed E-state index contributed by atoms with van der Waals surface area (Å²) in [6.45, 7) is 4.09. The van der Waals surface area contributed by atoms with E-state index in [0.717, 1.165) is 22.6 Å². The molecule has 6 heteroatoms. The van der Waals surface area contributed by atoms with Crippen LogP contribution in [0.3, 0.4) is 0 Å². The summed E-state index contributed by atoms with van der Waals surface area (Å²) in [5.74, 6) is -0.289. The first-order valence-corrected chi connectivity index (χ1v) is 10.5. The van der Waals surface area contributed by atoms with Crippen LogP contribution in [0, 0.1) is 13.8 Å². The van der Waals surface area contributed by atoms with Gasteiger partial charge in [-0.1, -0.05) is 18.2 Å². The molecule has 1 amide bonds. The first-order chi connectivity index (χ1) is 16.0. The van der Waals surface area contributed by atoms with E-state index >= 15 is 0 Å². The van der Waals surface area contributed by atoms with Crippen molar-refractivity contribution in [1.29, 1.82) is 0 Å².